The van der Waals surface area contributed by atoms with Gasteiger partial charge in [-0.2, -0.15) is 4.98 Å². The summed E-state index contributed by atoms with van der Waals surface area (Å²) in [4.78, 5) is 9.93. The summed E-state index contributed by atoms with van der Waals surface area (Å²) in [5.74, 6) is 3.19. The largest absolute Gasteiger partial charge is 0.478 e. The van der Waals surface area contributed by atoms with E-state index in [1.165, 1.54) is 11.4 Å². The highest BCUT2D eigenvalue weighted by atomic mass is 16.5. The molecule has 0 aliphatic rings. The molecule has 0 aliphatic carbocycles. The highest BCUT2D eigenvalue weighted by molar-refractivity contribution is 5.31. The molecule has 0 fully saturated rings. The van der Waals surface area contributed by atoms with Gasteiger partial charge in [0.25, 0.3) is 11.8 Å². The summed E-state index contributed by atoms with van der Waals surface area (Å²) in [7, 11) is 5.21. The molecule has 200 valence electrons. The molecule has 2 heterocycles. The van der Waals surface area contributed by atoms with Crippen LogP contribution in [0.1, 0.15) is 114 Å². The number of hydrogen-bond acceptors (Lipinski definition) is 6. The number of nitrogens with two attached hydrogens (primary N) is 2. The summed E-state index contributed by atoms with van der Waals surface area (Å²) in [5.41, 5.74) is 15.9. The van der Waals surface area contributed by atoms with Gasteiger partial charge in [0, 0.05) is 31.1 Å². The van der Waals surface area contributed by atoms with Crippen LogP contribution in [0.2, 0.25) is 0 Å². The molecule has 3 atom stereocenters. The second-order valence-corrected chi connectivity index (χ2v) is 9.86. The minimum atomic E-state index is -0.200. The van der Waals surface area contributed by atoms with Gasteiger partial charge in [-0.1, -0.05) is 40.0 Å². The van der Waals surface area contributed by atoms with Gasteiger partial charge in [-0.25, -0.2) is 4.98 Å². The van der Waals surface area contributed by atoms with E-state index in [9.17, 15) is 0 Å². The molecule has 0 radical (unpaired) electrons. The van der Waals surface area contributed by atoms with Crippen LogP contribution < -0.4 is 20.9 Å². The van der Waals surface area contributed by atoms with E-state index in [2.05, 4.69) is 25.3 Å². The molecule has 0 aliphatic heterocycles. The fourth-order valence-electron chi connectivity index (χ4n) is 4.97. The minimum Gasteiger partial charge on any atom is -0.478 e. The fraction of sp³-hybridized carbons (Fsp3) is 0.778. The Bertz CT molecular complexity index is 889. The number of methoxy groups -OCH3 is 2. The predicted molar refractivity (Wildman–Crippen MR) is 143 cm³/mol. The van der Waals surface area contributed by atoms with Gasteiger partial charge in [0.1, 0.15) is 11.6 Å². The van der Waals surface area contributed by atoms with E-state index in [-0.39, 0.29) is 18.1 Å². The molecule has 0 bridgehead atoms. The first kappa shape index (κ1) is 29.2. The monoisotopic (exact) mass is 490 g/mol. The van der Waals surface area contributed by atoms with Crippen LogP contribution in [0, 0.1) is 0 Å². The molecular formula is C27H50N6O2. The molecule has 4 N–H and O–H groups in total. The number of unbranched alkanes of at least 4 members (excludes halogenated alkanes) is 3. The highest BCUT2D eigenvalue weighted by Gasteiger charge is 2.29. The molecule has 0 spiro atoms. The molecule has 3 unspecified atom stereocenters. The molecule has 2 rings (SSSR count). The third-order valence-electron chi connectivity index (χ3n) is 6.77. The molecule has 0 saturated heterocycles. The van der Waals surface area contributed by atoms with E-state index >= 15 is 0 Å². The Hall–Kier alpha value is -2.06. The summed E-state index contributed by atoms with van der Waals surface area (Å²) in [6.45, 7) is 8.74. The summed E-state index contributed by atoms with van der Waals surface area (Å²) in [5, 5.41) is 0. The summed E-state index contributed by atoms with van der Waals surface area (Å²) >= 11 is 0. The number of aryl methyl sites for hydroxylation is 2. The zero-order valence-electron chi connectivity index (χ0n) is 23.3. The average Bonchev–Trinajstić information content (AvgIpc) is 3.35. The maximum absolute atomic E-state index is 7.04. The average molecular weight is 491 g/mol. The number of nitrogens with zero attached hydrogens (tertiary/aromatic N) is 4. The van der Waals surface area contributed by atoms with Crippen LogP contribution in [0.4, 0.5) is 0 Å². The number of rotatable bonds is 17. The van der Waals surface area contributed by atoms with Crippen molar-refractivity contribution in [3.8, 4) is 11.8 Å². The van der Waals surface area contributed by atoms with E-state index in [1.807, 2.05) is 18.5 Å². The maximum Gasteiger partial charge on any atom is 0.277 e. The maximum atomic E-state index is 7.04. The van der Waals surface area contributed by atoms with Gasteiger partial charge in [0.05, 0.1) is 26.1 Å². The first-order valence-electron chi connectivity index (χ1n) is 13.6. The van der Waals surface area contributed by atoms with Gasteiger partial charge in [-0.3, -0.25) is 4.57 Å². The van der Waals surface area contributed by atoms with Crippen molar-refractivity contribution in [3.63, 3.8) is 0 Å². The van der Waals surface area contributed by atoms with Crippen molar-refractivity contribution in [2.24, 2.45) is 18.5 Å². The Morgan fingerprint density at radius 1 is 0.857 bits per heavy atom. The molecule has 35 heavy (non-hydrogen) atoms. The summed E-state index contributed by atoms with van der Waals surface area (Å²) in [6, 6.07) is 0.0166. The van der Waals surface area contributed by atoms with Crippen molar-refractivity contribution in [1.82, 2.24) is 19.1 Å². The SMILES string of the molecule is CCCCc1nc(CCCC)n(C(N)CC(CC(C)N)c2nc(OC)c(OC)n2C)c1CCCC. The Balaban J connectivity index is 2.50. The van der Waals surface area contributed by atoms with Crippen LogP contribution in [-0.2, 0) is 26.3 Å². The van der Waals surface area contributed by atoms with Crippen LogP contribution in [0.3, 0.4) is 0 Å². The lowest BCUT2D eigenvalue weighted by atomic mass is 9.94. The zero-order chi connectivity index (χ0) is 26.0. The van der Waals surface area contributed by atoms with E-state index in [1.54, 1.807) is 14.2 Å². The lowest BCUT2D eigenvalue weighted by Crippen LogP contribution is -2.28. The number of hydrogen-bond donors (Lipinski definition) is 2. The summed E-state index contributed by atoms with van der Waals surface area (Å²) < 4.78 is 15.4. The summed E-state index contributed by atoms with van der Waals surface area (Å²) in [6.07, 6.45) is 11.1. The van der Waals surface area contributed by atoms with Crippen LogP contribution in [0.25, 0.3) is 0 Å². The van der Waals surface area contributed by atoms with Gasteiger partial charge >= 0.3 is 0 Å². The number of aromatic nitrogens is 4. The first-order valence-corrected chi connectivity index (χ1v) is 13.6. The standard InChI is InChI=1S/C27H50N6O2/c1-8-11-14-21-22(15-12-9-2)33(24(30-21)16-13-10-3)23(29)18-20(17-19(4)28)25-31-26(34-6)27(35-7)32(25)5/h19-20,23H,8-18,28-29H2,1-7H3. The third kappa shape index (κ3) is 7.46. The van der Waals surface area contributed by atoms with Crippen molar-refractivity contribution in [3.05, 3.63) is 23.0 Å². The smallest absolute Gasteiger partial charge is 0.277 e. The molecule has 2 aromatic rings. The molecule has 0 amide bonds. The Morgan fingerprint density at radius 3 is 2.03 bits per heavy atom. The molecule has 8 heteroatoms. The van der Waals surface area contributed by atoms with Crippen LogP contribution >= 0.6 is 0 Å². The van der Waals surface area contributed by atoms with Crippen LogP contribution in [0.5, 0.6) is 11.8 Å². The first-order chi connectivity index (χ1) is 16.8. The highest BCUT2D eigenvalue weighted by Crippen LogP contribution is 2.36. The zero-order valence-corrected chi connectivity index (χ0v) is 23.3. The van der Waals surface area contributed by atoms with E-state index in [4.69, 9.17) is 30.9 Å². The van der Waals surface area contributed by atoms with Crippen molar-refractivity contribution in [1.29, 1.82) is 0 Å². The van der Waals surface area contributed by atoms with E-state index < -0.39 is 0 Å². The van der Waals surface area contributed by atoms with E-state index in [0.29, 0.717) is 11.8 Å². The van der Waals surface area contributed by atoms with Crippen molar-refractivity contribution >= 4 is 0 Å². The van der Waals surface area contributed by atoms with E-state index in [0.717, 1.165) is 82.3 Å². The Kier molecular flexibility index (Phi) is 12.1. The fourth-order valence-corrected chi connectivity index (χ4v) is 4.97. The van der Waals surface area contributed by atoms with Gasteiger partial charge in [0.15, 0.2) is 0 Å². The number of imidazole rings is 2. The van der Waals surface area contributed by atoms with Crippen molar-refractivity contribution in [2.45, 2.75) is 116 Å². The predicted octanol–water partition coefficient (Wildman–Crippen LogP) is 5.03. The van der Waals surface area contributed by atoms with Crippen LogP contribution in [-0.4, -0.2) is 39.4 Å². The van der Waals surface area contributed by atoms with Gasteiger partial charge in [-0.05, 0) is 51.9 Å². The van der Waals surface area contributed by atoms with Crippen molar-refractivity contribution < 1.29 is 9.47 Å². The van der Waals surface area contributed by atoms with Crippen molar-refractivity contribution in [2.75, 3.05) is 14.2 Å². The van der Waals surface area contributed by atoms with Crippen LogP contribution in [0.15, 0.2) is 0 Å². The second-order valence-electron chi connectivity index (χ2n) is 9.86. The molecule has 0 aromatic carbocycles. The van der Waals surface area contributed by atoms with Gasteiger partial charge < -0.3 is 25.5 Å². The lowest BCUT2D eigenvalue weighted by Gasteiger charge is -2.26. The quantitative estimate of drug-likeness (QED) is 0.322. The topological polar surface area (TPSA) is 106 Å². The third-order valence-corrected chi connectivity index (χ3v) is 6.77. The Morgan fingerprint density at radius 2 is 1.49 bits per heavy atom. The van der Waals surface area contributed by atoms with Gasteiger partial charge in [0.2, 0.25) is 0 Å². The molecule has 0 saturated carbocycles. The molecular weight excluding hydrogens is 440 g/mol. The normalized spacial score (nSPS) is 14.2. The molecule has 2 aromatic heterocycles. The lowest BCUT2D eigenvalue weighted by molar-refractivity contribution is 0.330. The Labute approximate surface area is 212 Å². The van der Waals surface area contributed by atoms with Gasteiger partial charge in [-0.15, -0.1) is 0 Å². The second kappa shape index (κ2) is 14.5. The minimum absolute atomic E-state index is 0.0166. The number of ether oxygens (including phenoxy) is 2. The molecule has 8 nitrogen and oxygen atoms in total.